The van der Waals surface area contributed by atoms with E-state index in [1.165, 1.54) is 23.0 Å². The third-order valence-electron chi connectivity index (χ3n) is 1.68. The molecule has 6 heteroatoms. The molecule has 2 aromatic rings. The Bertz CT molecular complexity index is 469. The molecule has 0 bridgehead atoms. The quantitative estimate of drug-likeness (QED) is 0.756. The van der Waals surface area contributed by atoms with Crippen molar-refractivity contribution in [1.29, 1.82) is 0 Å². The van der Waals surface area contributed by atoms with Gasteiger partial charge in [-0.05, 0) is 29.8 Å². The molecule has 0 unspecified atom stereocenters. The summed E-state index contributed by atoms with van der Waals surface area (Å²) in [5, 5.41) is 7.51. The summed E-state index contributed by atoms with van der Waals surface area (Å²) < 4.78 is 14.7. The summed E-state index contributed by atoms with van der Waals surface area (Å²) in [7, 11) is 0. The maximum Gasteiger partial charge on any atom is 0.229 e. The molecule has 0 aliphatic rings. The van der Waals surface area contributed by atoms with E-state index in [1.54, 1.807) is 6.07 Å². The molecule has 2 rings (SSSR count). The van der Waals surface area contributed by atoms with E-state index in [0.29, 0.717) is 5.02 Å². The topological polar surface area (TPSA) is 30.7 Å². The predicted molar refractivity (Wildman–Crippen MR) is 51.3 cm³/mol. The van der Waals surface area contributed by atoms with Crippen molar-refractivity contribution >= 4 is 23.2 Å². The van der Waals surface area contributed by atoms with Gasteiger partial charge in [-0.1, -0.05) is 11.6 Å². The Morgan fingerprint density at radius 2 is 2.07 bits per heavy atom. The van der Waals surface area contributed by atoms with E-state index < -0.39 is 5.82 Å². The fourth-order valence-corrected chi connectivity index (χ4v) is 1.40. The molecule has 0 aliphatic carbocycles. The fraction of sp³-hybridized carbons (Fsp3) is 0. The number of aromatic nitrogens is 3. The van der Waals surface area contributed by atoms with Crippen molar-refractivity contribution in [3.05, 3.63) is 40.6 Å². The highest BCUT2D eigenvalue weighted by Gasteiger charge is 2.08. The van der Waals surface area contributed by atoms with Crippen LogP contribution in [0.2, 0.25) is 10.3 Å². The highest BCUT2D eigenvalue weighted by molar-refractivity contribution is 6.30. The van der Waals surface area contributed by atoms with Crippen molar-refractivity contribution in [1.82, 2.24) is 14.8 Å². The van der Waals surface area contributed by atoms with Gasteiger partial charge in [-0.15, -0.1) is 10.2 Å². The first-order chi connectivity index (χ1) is 6.68. The van der Waals surface area contributed by atoms with Gasteiger partial charge in [-0.25, -0.2) is 4.39 Å². The maximum absolute atomic E-state index is 13.4. The molecular weight excluding hydrogens is 228 g/mol. The Morgan fingerprint density at radius 1 is 1.29 bits per heavy atom. The van der Waals surface area contributed by atoms with Crippen molar-refractivity contribution in [3.8, 4) is 5.69 Å². The van der Waals surface area contributed by atoms with Crippen molar-refractivity contribution in [2.45, 2.75) is 0 Å². The summed E-state index contributed by atoms with van der Waals surface area (Å²) in [4.78, 5) is 0. The molecule has 14 heavy (non-hydrogen) atoms. The van der Waals surface area contributed by atoms with Gasteiger partial charge in [0.15, 0.2) is 0 Å². The van der Waals surface area contributed by atoms with Crippen molar-refractivity contribution < 1.29 is 4.39 Å². The Kier molecular flexibility index (Phi) is 2.39. The Morgan fingerprint density at radius 3 is 2.64 bits per heavy atom. The standard InChI is InChI=1S/C8H4Cl2FN3/c9-5-1-2-7(6(11)3-5)14-4-12-13-8(14)10/h1-4H. The van der Waals surface area contributed by atoms with Crippen LogP contribution in [-0.4, -0.2) is 14.8 Å². The molecule has 0 radical (unpaired) electrons. The zero-order chi connectivity index (χ0) is 10.1. The average molecular weight is 232 g/mol. The van der Waals surface area contributed by atoms with Crippen molar-refractivity contribution in [3.63, 3.8) is 0 Å². The maximum atomic E-state index is 13.4. The van der Waals surface area contributed by atoms with E-state index in [0.717, 1.165) is 0 Å². The molecule has 0 N–H and O–H groups in total. The van der Waals surface area contributed by atoms with Crippen LogP contribution in [0.5, 0.6) is 0 Å². The second-order valence-corrected chi connectivity index (χ2v) is 3.34. The molecule has 0 aliphatic heterocycles. The summed E-state index contributed by atoms with van der Waals surface area (Å²) in [5.41, 5.74) is 0.268. The molecule has 0 fully saturated rings. The molecule has 1 heterocycles. The Labute approximate surface area is 89.1 Å². The normalized spacial score (nSPS) is 10.5. The number of benzene rings is 1. The zero-order valence-corrected chi connectivity index (χ0v) is 8.30. The molecule has 0 atom stereocenters. The first kappa shape index (κ1) is 9.43. The van der Waals surface area contributed by atoms with Gasteiger partial charge in [0.1, 0.15) is 12.1 Å². The average Bonchev–Trinajstić information content (AvgIpc) is 2.52. The molecular formula is C8H4Cl2FN3. The van der Waals surface area contributed by atoms with E-state index in [4.69, 9.17) is 23.2 Å². The van der Waals surface area contributed by atoms with E-state index in [-0.39, 0.29) is 11.0 Å². The number of hydrogen-bond acceptors (Lipinski definition) is 2. The predicted octanol–water partition coefficient (Wildman–Crippen LogP) is 2.71. The minimum absolute atomic E-state index is 0.103. The highest BCUT2D eigenvalue weighted by atomic mass is 35.5. The summed E-state index contributed by atoms with van der Waals surface area (Å²) >= 11 is 11.3. The second kappa shape index (κ2) is 3.55. The highest BCUT2D eigenvalue weighted by Crippen LogP contribution is 2.20. The van der Waals surface area contributed by atoms with Crippen LogP contribution in [-0.2, 0) is 0 Å². The summed E-state index contributed by atoms with van der Waals surface area (Å²) in [5.74, 6) is -0.473. The van der Waals surface area contributed by atoms with Gasteiger partial charge in [0.05, 0.1) is 5.69 Å². The molecule has 0 saturated heterocycles. The minimum atomic E-state index is -0.473. The van der Waals surface area contributed by atoms with Crippen LogP contribution >= 0.6 is 23.2 Å². The summed E-state index contributed by atoms with van der Waals surface area (Å²) in [6.45, 7) is 0. The van der Waals surface area contributed by atoms with Crippen LogP contribution in [0.1, 0.15) is 0 Å². The molecule has 1 aromatic heterocycles. The largest absolute Gasteiger partial charge is 0.269 e. The molecule has 72 valence electrons. The van der Waals surface area contributed by atoms with Gasteiger partial charge in [-0.3, -0.25) is 4.57 Å². The van der Waals surface area contributed by atoms with Crippen LogP contribution in [0.3, 0.4) is 0 Å². The number of rotatable bonds is 1. The lowest BCUT2D eigenvalue weighted by atomic mass is 10.3. The van der Waals surface area contributed by atoms with E-state index in [9.17, 15) is 4.39 Å². The second-order valence-electron chi connectivity index (χ2n) is 2.57. The zero-order valence-electron chi connectivity index (χ0n) is 6.78. The summed E-state index contributed by atoms with van der Waals surface area (Å²) in [6, 6.07) is 4.27. The van der Waals surface area contributed by atoms with Crippen LogP contribution in [0.25, 0.3) is 5.69 Å². The van der Waals surface area contributed by atoms with Crippen LogP contribution < -0.4 is 0 Å². The molecule has 0 saturated carbocycles. The van der Waals surface area contributed by atoms with Gasteiger partial charge >= 0.3 is 0 Å². The molecule has 0 spiro atoms. The monoisotopic (exact) mass is 231 g/mol. The van der Waals surface area contributed by atoms with Crippen LogP contribution in [0, 0.1) is 5.82 Å². The van der Waals surface area contributed by atoms with Gasteiger partial charge in [0, 0.05) is 5.02 Å². The van der Waals surface area contributed by atoms with Gasteiger partial charge in [0.25, 0.3) is 0 Å². The molecule has 1 aromatic carbocycles. The van der Waals surface area contributed by atoms with Gasteiger partial charge in [-0.2, -0.15) is 0 Å². The lowest BCUT2D eigenvalue weighted by molar-refractivity contribution is 0.618. The minimum Gasteiger partial charge on any atom is -0.269 e. The number of hydrogen-bond donors (Lipinski definition) is 0. The van der Waals surface area contributed by atoms with E-state index >= 15 is 0 Å². The first-order valence-corrected chi connectivity index (χ1v) is 4.45. The lowest BCUT2D eigenvalue weighted by Gasteiger charge is -2.03. The van der Waals surface area contributed by atoms with Crippen molar-refractivity contribution in [2.75, 3.05) is 0 Å². The van der Waals surface area contributed by atoms with E-state index in [2.05, 4.69) is 10.2 Å². The number of nitrogens with zero attached hydrogens (tertiary/aromatic N) is 3. The van der Waals surface area contributed by atoms with Crippen LogP contribution in [0.15, 0.2) is 24.5 Å². The third kappa shape index (κ3) is 1.58. The summed E-state index contributed by atoms with van der Waals surface area (Å²) in [6.07, 6.45) is 1.33. The Hall–Kier alpha value is -1.13. The van der Waals surface area contributed by atoms with E-state index in [1.807, 2.05) is 0 Å². The molecule has 0 amide bonds. The third-order valence-corrected chi connectivity index (χ3v) is 2.17. The fourth-order valence-electron chi connectivity index (χ4n) is 1.06. The molecule has 3 nitrogen and oxygen atoms in total. The van der Waals surface area contributed by atoms with Gasteiger partial charge < -0.3 is 0 Å². The van der Waals surface area contributed by atoms with Gasteiger partial charge in [0.2, 0.25) is 5.28 Å². The van der Waals surface area contributed by atoms with Crippen molar-refractivity contribution in [2.24, 2.45) is 0 Å². The first-order valence-electron chi connectivity index (χ1n) is 3.69. The van der Waals surface area contributed by atoms with Crippen LogP contribution in [0.4, 0.5) is 4.39 Å². The lowest BCUT2D eigenvalue weighted by Crippen LogP contribution is -1.96. The SMILES string of the molecule is Fc1cc(Cl)ccc1-n1cnnc1Cl. The smallest absolute Gasteiger partial charge is 0.229 e. The number of halogens is 3. The Balaban J connectivity index is 2.58.